The molecule has 0 aliphatic heterocycles. The third-order valence-electron chi connectivity index (χ3n) is 2.99. The fourth-order valence-corrected chi connectivity index (χ4v) is 2.43. The second-order valence-corrected chi connectivity index (χ2v) is 4.88. The maximum absolute atomic E-state index is 14.1. The van der Waals surface area contributed by atoms with E-state index >= 15 is 0 Å². The van der Waals surface area contributed by atoms with Crippen molar-refractivity contribution >= 4 is 11.6 Å². The van der Waals surface area contributed by atoms with Crippen LogP contribution in [-0.2, 0) is 6.54 Å². The van der Waals surface area contributed by atoms with Gasteiger partial charge in [0, 0.05) is 17.1 Å². The van der Waals surface area contributed by atoms with E-state index in [2.05, 4.69) is 0 Å². The molecule has 2 N–H and O–H groups in total. The van der Waals surface area contributed by atoms with Gasteiger partial charge < -0.3 is 5.73 Å². The lowest BCUT2D eigenvalue weighted by atomic mass is 9.94. The molecule has 2 aromatic carbocycles. The molecule has 0 atom stereocenters. The molecule has 2 rings (SSSR count). The maximum atomic E-state index is 14.1. The van der Waals surface area contributed by atoms with Crippen molar-refractivity contribution in [2.45, 2.75) is 20.4 Å². The first-order valence-corrected chi connectivity index (χ1v) is 6.16. The molecule has 18 heavy (non-hydrogen) atoms. The minimum absolute atomic E-state index is 0.218. The van der Waals surface area contributed by atoms with Gasteiger partial charge in [-0.2, -0.15) is 0 Å². The molecule has 94 valence electrons. The molecule has 0 aromatic heterocycles. The molecule has 1 nitrogen and oxygen atoms in total. The van der Waals surface area contributed by atoms with Crippen LogP contribution in [0.5, 0.6) is 0 Å². The van der Waals surface area contributed by atoms with Gasteiger partial charge in [0.1, 0.15) is 5.82 Å². The molecule has 0 amide bonds. The second kappa shape index (κ2) is 5.09. The third-order valence-corrected chi connectivity index (χ3v) is 3.22. The normalized spacial score (nSPS) is 10.7. The number of rotatable bonds is 2. The molecule has 3 heteroatoms. The van der Waals surface area contributed by atoms with Crippen LogP contribution >= 0.6 is 11.6 Å². The topological polar surface area (TPSA) is 26.0 Å². The van der Waals surface area contributed by atoms with Gasteiger partial charge in [-0.25, -0.2) is 4.39 Å². The van der Waals surface area contributed by atoms with Crippen LogP contribution in [0.2, 0.25) is 5.02 Å². The lowest BCUT2D eigenvalue weighted by Crippen LogP contribution is -2.01. The van der Waals surface area contributed by atoms with Crippen molar-refractivity contribution in [1.82, 2.24) is 0 Å². The van der Waals surface area contributed by atoms with E-state index < -0.39 is 0 Å². The van der Waals surface area contributed by atoms with Gasteiger partial charge in [0.2, 0.25) is 0 Å². The summed E-state index contributed by atoms with van der Waals surface area (Å²) in [6.07, 6.45) is 0. The number of benzene rings is 2. The fourth-order valence-electron chi connectivity index (χ4n) is 2.23. The minimum atomic E-state index is -0.218. The lowest BCUT2D eigenvalue weighted by Gasteiger charge is -2.13. The summed E-state index contributed by atoms with van der Waals surface area (Å²) in [5, 5.41) is 0.615. The van der Waals surface area contributed by atoms with E-state index in [0.29, 0.717) is 17.1 Å². The Morgan fingerprint density at radius 2 is 1.89 bits per heavy atom. The molecule has 2 aromatic rings. The number of hydrogen-bond donors (Lipinski definition) is 1. The van der Waals surface area contributed by atoms with Crippen molar-refractivity contribution in [2.24, 2.45) is 5.73 Å². The molecule has 0 saturated carbocycles. The molecule has 0 heterocycles. The summed E-state index contributed by atoms with van der Waals surface area (Å²) in [7, 11) is 0. The molecule has 0 bridgehead atoms. The third kappa shape index (κ3) is 2.40. The Morgan fingerprint density at radius 1 is 1.17 bits per heavy atom. The predicted molar refractivity (Wildman–Crippen MR) is 74.2 cm³/mol. The molecule has 0 radical (unpaired) electrons. The number of aryl methyl sites for hydroxylation is 2. The highest BCUT2D eigenvalue weighted by molar-refractivity contribution is 6.30. The smallest absolute Gasteiger partial charge is 0.131 e. The van der Waals surface area contributed by atoms with Crippen molar-refractivity contribution in [1.29, 1.82) is 0 Å². The Balaban J connectivity index is 2.69. The molecule has 0 aliphatic carbocycles. The van der Waals surface area contributed by atoms with Crippen molar-refractivity contribution in [2.75, 3.05) is 0 Å². The van der Waals surface area contributed by atoms with Crippen molar-refractivity contribution in [3.63, 3.8) is 0 Å². The SMILES string of the molecule is Cc1cc(C)c(-c2ccc(Cl)cc2CN)c(F)c1. The largest absolute Gasteiger partial charge is 0.326 e. The Bertz CT molecular complexity index is 570. The molecule has 0 fully saturated rings. The summed E-state index contributed by atoms with van der Waals surface area (Å²) in [4.78, 5) is 0. The monoisotopic (exact) mass is 263 g/mol. The summed E-state index contributed by atoms with van der Waals surface area (Å²) in [6, 6.07) is 8.88. The van der Waals surface area contributed by atoms with Crippen LogP contribution < -0.4 is 5.73 Å². The van der Waals surface area contributed by atoms with E-state index in [1.54, 1.807) is 12.1 Å². The second-order valence-electron chi connectivity index (χ2n) is 4.44. The predicted octanol–water partition coefficient (Wildman–Crippen LogP) is 4.22. The fraction of sp³-hybridized carbons (Fsp3) is 0.200. The first-order valence-electron chi connectivity index (χ1n) is 5.78. The van der Waals surface area contributed by atoms with Gasteiger partial charge in [-0.3, -0.25) is 0 Å². The van der Waals surface area contributed by atoms with Gasteiger partial charge in [0.25, 0.3) is 0 Å². The van der Waals surface area contributed by atoms with Gasteiger partial charge in [0.05, 0.1) is 0 Å². The number of hydrogen-bond acceptors (Lipinski definition) is 1. The summed E-state index contributed by atoms with van der Waals surface area (Å²) < 4.78 is 14.1. The standard InChI is InChI=1S/C15H15ClFN/c1-9-5-10(2)15(14(17)6-9)13-4-3-12(16)7-11(13)8-18/h3-7H,8,18H2,1-2H3. The zero-order valence-corrected chi connectivity index (χ0v) is 11.2. The van der Waals surface area contributed by atoms with Crippen molar-refractivity contribution in [3.8, 4) is 11.1 Å². The summed E-state index contributed by atoms with van der Waals surface area (Å²) in [5.74, 6) is -0.218. The van der Waals surface area contributed by atoms with Crippen LogP contribution in [0.15, 0.2) is 30.3 Å². The molecular weight excluding hydrogens is 249 g/mol. The van der Waals surface area contributed by atoms with E-state index in [9.17, 15) is 4.39 Å². The van der Waals surface area contributed by atoms with Gasteiger partial charge in [0.15, 0.2) is 0 Å². The van der Waals surface area contributed by atoms with E-state index in [0.717, 1.165) is 22.3 Å². The molecular formula is C15H15ClFN. The highest BCUT2D eigenvalue weighted by atomic mass is 35.5. The van der Waals surface area contributed by atoms with Gasteiger partial charge in [-0.05, 0) is 54.3 Å². The van der Waals surface area contributed by atoms with Gasteiger partial charge in [-0.1, -0.05) is 23.7 Å². The van der Waals surface area contributed by atoms with E-state index in [1.807, 2.05) is 26.0 Å². The van der Waals surface area contributed by atoms with Gasteiger partial charge >= 0.3 is 0 Å². The maximum Gasteiger partial charge on any atom is 0.131 e. The van der Waals surface area contributed by atoms with Crippen LogP contribution in [0.1, 0.15) is 16.7 Å². The van der Waals surface area contributed by atoms with Crippen LogP contribution in [0.3, 0.4) is 0 Å². The molecule has 0 saturated heterocycles. The van der Waals surface area contributed by atoms with Crippen LogP contribution in [0.4, 0.5) is 4.39 Å². The summed E-state index contributed by atoms with van der Waals surface area (Å²) >= 11 is 5.94. The average molecular weight is 264 g/mol. The Kier molecular flexibility index (Phi) is 3.69. The van der Waals surface area contributed by atoms with Crippen LogP contribution in [0, 0.1) is 19.7 Å². The summed E-state index contributed by atoms with van der Waals surface area (Å²) in [5.41, 5.74) is 9.81. The zero-order valence-electron chi connectivity index (χ0n) is 10.4. The van der Waals surface area contributed by atoms with Crippen molar-refractivity contribution in [3.05, 3.63) is 57.9 Å². The molecule has 0 spiro atoms. The summed E-state index contributed by atoms with van der Waals surface area (Å²) in [6.45, 7) is 4.12. The Morgan fingerprint density at radius 3 is 2.50 bits per heavy atom. The van der Waals surface area contributed by atoms with Crippen molar-refractivity contribution < 1.29 is 4.39 Å². The van der Waals surface area contributed by atoms with E-state index in [1.165, 1.54) is 6.07 Å². The van der Waals surface area contributed by atoms with Crippen LogP contribution in [-0.4, -0.2) is 0 Å². The van der Waals surface area contributed by atoms with Gasteiger partial charge in [-0.15, -0.1) is 0 Å². The highest BCUT2D eigenvalue weighted by Crippen LogP contribution is 2.31. The Hall–Kier alpha value is -1.38. The quantitative estimate of drug-likeness (QED) is 0.862. The first-order chi connectivity index (χ1) is 8.52. The lowest BCUT2D eigenvalue weighted by molar-refractivity contribution is 0.629. The van der Waals surface area contributed by atoms with E-state index in [4.69, 9.17) is 17.3 Å². The number of nitrogens with two attached hydrogens (primary N) is 1. The van der Waals surface area contributed by atoms with E-state index in [-0.39, 0.29) is 5.82 Å². The zero-order chi connectivity index (χ0) is 13.3. The highest BCUT2D eigenvalue weighted by Gasteiger charge is 2.13. The average Bonchev–Trinajstić information content (AvgIpc) is 2.29. The Labute approximate surface area is 111 Å². The minimum Gasteiger partial charge on any atom is -0.326 e. The molecule has 0 unspecified atom stereocenters. The number of halogens is 2. The van der Waals surface area contributed by atoms with Crippen LogP contribution in [0.25, 0.3) is 11.1 Å². The molecule has 0 aliphatic rings. The first kappa shape index (κ1) is 13.1.